The van der Waals surface area contributed by atoms with Crippen molar-refractivity contribution in [3.05, 3.63) is 35.9 Å². The van der Waals surface area contributed by atoms with Crippen LogP contribution in [0.4, 0.5) is 0 Å². The minimum atomic E-state index is -0.809. The number of hydrogen-bond donors (Lipinski definition) is 1. The van der Waals surface area contributed by atoms with Crippen molar-refractivity contribution in [3.63, 3.8) is 0 Å². The van der Waals surface area contributed by atoms with E-state index in [1.165, 1.54) is 0 Å². The van der Waals surface area contributed by atoms with E-state index >= 15 is 0 Å². The molecule has 1 N–H and O–H groups in total. The number of aliphatic hydroxyl groups excluding tert-OH is 1. The highest BCUT2D eigenvalue weighted by atomic mass is 16.7. The van der Waals surface area contributed by atoms with Crippen LogP contribution in [0.3, 0.4) is 0 Å². The first-order valence-electron chi connectivity index (χ1n) is 7.52. The Morgan fingerprint density at radius 2 is 2.00 bits per heavy atom. The van der Waals surface area contributed by atoms with E-state index in [2.05, 4.69) is 0 Å². The summed E-state index contributed by atoms with van der Waals surface area (Å²) >= 11 is 0. The molecule has 0 amide bonds. The summed E-state index contributed by atoms with van der Waals surface area (Å²) in [4.78, 5) is 0. The second kappa shape index (κ2) is 6.85. The van der Waals surface area contributed by atoms with Gasteiger partial charge in [0.1, 0.15) is 24.4 Å². The highest BCUT2D eigenvalue weighted by molar-refractivity contribution is 5.13. The largest absolute Gasteiger partial charge is 0.385 e. The van der Waals surface area contributed by atoms with Gasteiger partial charge in [0.05, 0.1) is 13.2 Å². The van der Waals surface area contributed by atoms with Crippen LogP contribution in [0.5, 0.6) is 0 Å². The molecule has 2 aliphatic rings. The van der Waals surface area contributed by atoms with Crippen molar-refractivity contribution in [3.8, 4) is 0 Å². The summed E-state index contributed by atoms with van der Waals surface area (Å²) in [6, 6.07) is 9.95. The van der Waals surface area contributed by atoms with Crippen molar-refractivity contribution in [2.24, 2.45) is 0 Å². The molecule has 0 saturated carbocycles. The smallest absolute Gasteiger partial charge is 0.186 e. The number of benzene rings is 1. The molecule has 0 aromatic heterocycles. The highest BCUT2D eigenvalue weighted by Crippen LogP contribution is 2.32. The average Bonchev–Trinajstić information content (AvgIpc) is 2.96. The van der Waals surface area contributed by atoms with E-state index < -0.39 is 18.5 Å². The fraction of sp³-hybridized carbons (Fsp3) is 0.625. The summed E-state index contributed by atoms with van der Waals surface area (Å²) in [6.07, 6.45) is -1.40. The number of ether oxygens (including phenoxy) is 4. The maximum Gasteiger partial charge on any atom is 0.186 e. The number of aliphatic hydroxyl groups is 1. The fourth-order valence-corrected chi connectivity index (χ4v) is 2.77. The summed E-state index contributed by atoms with van der Waals surface area (Å²) < 4.78 is 22.9. The molecular weight excluding hydrogens is 272 g/mol. The molecule has 2 aliphatic heterocycles. The van der Waals surface area contributed by atoms with E-state index in [9.17, 15) is 5.11 Å². The van der Waals surface area contributed by atoms with Gasteiger partial charge in [0.2, 0.25) is 0 Å². The molecular formula is C16H22O5. The molecule has 0 radical (unpaired) electrons. The standard InChI is InChI=1S/C16H22O5/c1-2-8-18-15-13(17)16-20-10-12(21-16)14(15)19-9-11-6-4-3-5-7-11/h3-7,12-17H,2,8-10H2,1H3/t12-,13-,14-,15-,16-/m1/s1. The third-order valence-electron chi connectivity index (χ3n) is 3.84. The Hall–Kier alpha value is -0.980. The highest BCUT2D eigenvalue weighted by Gasteiger charge is 2.51. The maximum atomic E-state index is 10.3. The molecule has 1 aromatic carbocycles. The monoisotopic (exact) mass is 294 g/mol. The van der Waals surface area contributed by atoms with Gasteiger partial charge < -0.3 is 24.1 Å². The van der Waals surface area contributed by atoms with E-state index in [1.54, 1.807) is 0 Å². The molecule has 2 saturated heterocycles. The van der Waals surface area contributed by atoms with Gasteiger partial charge >= 0.3 is 0 Å². The zero-order valence-corrected chi connectivity index (χ0v) is 12.2. The van der Waals surface area contributed by atoms with Crippen molar-refractivity contribution < 1.29 is 24.1 Å². The van der Waals surface area contributed by atoms with Crippen molar-refractivity contribution in [1.29, 1.82) is 0 Å². The minimum absolute atomic E-state index is 0.177. The molecule has 0 spiro atoms. The summed E-state index contributed by atoms with van der Waals surface area (Å²) in [5, 5.41) is 10.3. The average molecular weight is 294 g/mol. The molecule has 2 bridgehead atoms. The molecule has 5 nitrogen and oxygen atoms in total. The molecule has 2 heterocycles. The first kappa shape index (κ1) is 14.9. The van der Waals surface area contributed by atoms with Crippen LogP contribution in [0, 0.1) is 0 Å². The minimum Gasteiger partial charge on any atom is -0.385 e. The molecule has 116 valence electrons. The summed E-state index contributed by atoms with van der Waals surface area (Å²) in [5.74, 6) is 0. The third kappa shape index (κ3) is 3.27. The quantitative estimate of drug-likeness (QED) is 0.861. The molecule has 5 atom stereocenters. The van der Waals surface area contributed by atoms with Gasteiger partial charge in [-0.2, -0.15) is 0 Å². The summed E-state index contributed by atoms with van der Waals surface area (Å²) in [5.41, 5.74) is 1.09. The van der Waals surface area contributed by atoms with Gasteiger partial charge in [-0.3, -0.25) is 0 Å². The Labute approximate surface area is 124 Å². The predicted molar refractivity (Wildman–Crippen MR) is 75.7 cm³/mol. The third-order valence-corrected chi connectivity index (χ3v) is 3.84. The Morgan fingerprint density at radius 3 is 2.76 bits per heavy atom. The Morgan fingerprint density at radius 1 is 1.19 bits per heavy atom. The van der Waals surface area contributed by atoms with Crippen molar-refractivity contribution in [2.45, 2.75) is 50.7 Å². The lowest BCUT2D eigenvalue weighted by molar-refractivity contribution is -0.251. The Bertz CT molecular complexity index is 438. The normalized spacial score (nSPS) is 35.0. The van der Waals surface area contributed by atoms with Gasteiger partial charge in [-0.25, -0.2) is 0 Å². The number of fused-ring (bicyclic) bond motifs is 2. The van der Waals surface area contributed by atoms with Crippen LogP contribution in [0.2, 0.25) is 0 Å². The first-order chi connectivity index (χ1) is 10.3. The van der Waals surface area contributed by atoms with Crippen LogP contribution in [0.15, 0.2) is 30.3 Å². The topological polar surface area (TPSA) is 57.2 Å². The van der Waals surface area contributed by atoms with E-state index in [1.807, 2.05) is 37.3 Å². The summed E-state index contributed by atoms with van der Waals surface area (Å²) in [7, 11) is 0. The van der Waals surface area contributed by atoms with Crippen LogP contribution >= 0.6 is 0 Å². The Balaban J connectivity index is 1.67. The van der Waals surface area contributed by atoms with Crippen LogP contribution in [0.25, 0.3) is 0 Å². The molecule has 1 aromatic rings. The molecule has 5 heteroatoms. The lowest BCUT2D eigenvalue weighted by atomic mass is 10.0. The van der Waals surface area contributed by atoms with Gasteiger partial charge in [-0.1, -0.05) is 37.3 Å². The summed E-state index contributed by atoms with van der Waals surface area (Å²) in [6.45, 7) is 3.53. The predicted octanol–water partition coefficient (Wildman–Crippen LogP) is 1.48. The van der Waals surface area contributed by atoms with Gasteiger partial charge in [-0.15, -0.1) is 0 Å². The van der Waals surface area contributed by atoms with E-state index in [-0.39, 0.29) is 12.2 Å². The lowest BCUT2D eigenvalue weighted by Crippen LogP contribution is -2.56. The fourth-order valence-electron chi connectivity index (χ4n) is 2.77. The van der Waals surface area contributed by atoms with Gasteiger partial charge in [0.25, 0.3) is 0 Å². The molecule has 21 heavy (non-hydrogen) atoms. The van der Waals surface area contributed by atoms with Gasteiger partial charge in [-0.05, 0) is 12.0 Å². The lowest BCUT2D eigenvalue weighted by Gasteiger charge is -2.38. The van der Waals surface area contributed by atoms with Gasteiger partial charge in [0.15, 0.2) is 6.29 Å². The molecule has 3 rings (SSSR count). The molecule has 0 unspecified atom stereocenters. The van der Waals surface area contributed by atoms with Crippen LogP contribution in [-0.2, 0) is 25.6 Å². The van der Waals surface area contributed by atoms with Gasteiger partial charge in [0, 0.05) is 6.61 Å². The first-order valence-corrected chi connectivity index (χ1v) is 7.52. The van der Waals surface area contributed by atoms with E-state index in [0.717, 1.165) is 12.0 Å². The maximum absolute atomic E-state index is 10.3. The zero-order valence-electron chi connectivity index (χ0n) is 12.2. The van der Waals surface area contributed by atoms with Crippen molar-refractivity contribution in [1.82, 2.24) is 0 Å². The second-order valence-corrected chi connectivity index (χ2v) is 5.46. The van der Waals surface area contributed by atoms with E-state index in [4.69, 9.17) is 18.9 Å². The molecule has 2 fully saturated rings. The number of rotatable bonds is 6. The second-order valence-electron chi connectivity index (χ2n) is 5.46. The number of hydrogen-bond acceptors (Lipinski definition) is 5. The molecule has 0 aliphatic carbocycles. The SMILES string of the molecule is CCCO[C@@H]1[C@@H](O)[C@@H]2OC[C@@H](O2)[C@H]1OCc1ccccc1. The van der Waals surface area contributed by atoms with Crippen molar-refractivity contribution in [2.75, 3.05) is 13.2 Å². The van der Waals surface area contributed by atoms with Crippen LogP contribution in [0.1, 0.15) is 18.9 Å². The van der Waals surface area contributed by atoms with Crippen molar-refractivity contribution >= 4 is 0 Å². The van der Waals surface area contributed by atoms with Crippen LogP contribution < -0.4 is 0 Å². The van der Waals surface area contributed by atoms with E-state index in [0.29, 0.717) is 19.8 Å². The Kier molecular flexibility index (Phi) is 4.87. The van der Waals surface area contributed by atoms with Crippen LogP contribution in [-0.4, -0.2) is 49.0 Å². The zero-order chi connectivity index (χ0) is 14.7.